The molecule has 0 atom stereocenters. The molecular weight excluding hydrogens is 707 g/mol. The second-order valence-electron chi connectivity index (χ2n) is 12.9. The van der Waals surface area contributed by atoms with E-state index in [0.29, 0.717) is 11.5 Å². The second kappa shape index (κ2) is 12.3. The number of benzene rings is 5. The Hall–Kier alpha value is -5.67. The number of aromatic nitrogens is 3. The number of hydrogen-bond donors (Lipinski definition) is 0. The molecular formula is C44H32N4OPd-2. The molecule has 0 spiro atoms. The van der Waals surface area contributed by atoms with Gasteiger partial charge in [0.25, 0.3) is 0 Å². The van der Waals surface area contributed by atoms with Crippen LogP contribution in [0.4, 0.5) is 17.1 Å². The molecule has 5 aromatic carbocycles. The summed E-state index contributed by atoms with van der Waals surface area (Å²) in [4.78, 5) is 6.88. The van der Waals surface area contributed by atoms with E-state index < -0.39 is 0 Å². The van der Waals surface area contributed by atoms with Gasteiger partial charge in [-0.2, -0.15) is 6.07 Å². The second-order valence-corrected chi connectivity index (χ2v) is 12.9. The zero-order chi connectivity index (χ0) is 33.1. The van der Waals surface area contributed by atoms with Gasteiger partial charge in [-0.05, 0) is 60.9 Å². The van der Waals surface area contributed by atoms with Crippen LogP contribution in [0.2, 0.25) is 0 Å². The third-order valence-electron chi connectivity index (χ3n) is 9.54. The molecule has 1 aliphatic rings. The molecule has 0 fully saturated rings. The summed E-state index contributed by atoms with van der Waals surface area (Å²) in [7, 11) is 4.44. The number of para-hydroxylation sites is 2. The van der Waals surface area contributed by atoms with Gasteiger partial charge >= 0.3 is 0 Å². The summed E-state index contributed by atoms with van der Waals surface area (Å²) in [6, 6.07) is 52.9. The maximum atomic E-state index is 6.43. The third-order valence-corrected chi connectivity index (χ3v) is 9.54. The first-order valence-electron chi connectivity index (χ1n) is 16.4. The van der Waals surface area contributed by atoms with Crippen molar-refractivity contribution in [2.75, 3.05) is 4.90 Å². The summed E-state index contributed by atoms with van der Waals surface area (Å²) in [6.45, 7) is 4.67. The Labute approximate surface area is 305 Å². The number of pyridine rings is 2. The molecule has 9 rings (SSSR count). The van der Waals surface area contributed by atoms with E-state index in [2.05, 4.69) is 132 Å². The van der Waals surface area contributed by atoms with E-state index in [1.54, 1.807) is 6.20 Å². The summed E-state index contributed by atoms with van der Waals surface area (Å²) in [5, 5.41) is 2.27. The summed E-state index contributed by atoms with van der Waals surface area (Å²) in [5.74, 6) is 1.19. The number of hydrogen-bond acceptors (Lipinski definition) is 3. The molecule has 6 heteroatoms. The van der Waals surface area contributed by atoms with Crippen LogP contribution in [-0.2, 0) is 25.8 Å². The van der Waals surface area contributed by atoms with E-state index in [1.165, 1.54) is 16.8 Å². The largest absolute Gasteiger partial charge is 0.503 e. The SMILES string of the molecule is [CH2-][n+]1cccc2c3ccc4c(c3n(-c3[c-]c(Oc5[c-]c(-c6ccccn6)ccc5)ccc3)c21)C(C)(C)c1ccccc1N4c1ccccc1.[Pd]. The van der Waals surface area contributed by atoms with E-state index in [0.717, 1.165) is 50.3 Å². The fraction of sp³-hybridized carbons (Fsp3) is 0.0682. The van der Waals surface area contributed by atoms with Gasteiger partial charge in [-0.1, -0.05) is 86.6 Å². The van der Waals surface area contributed by atoms with Crippen LogP contribution in [-0.4, -0.2) is 9.55 Å². The van der Waals surface area contributed by atoms with Crippen molar-refractivity contribution in [3.05, 3.63) is 176 Å². The maximum absolute atomic E-state index is 6.43. The van der Waals surface area contributed by atoms with Crippen molar-refractivity contribution in [3.63, 3.8) is 0 Å². The Kier molecular flexibility index (Phi) is 7.80. The zero-order valence-electron chi connectivity index (χ0n) is 27.6. The first-order chi connectivity index (χ1) is 24.0. The molecule has 0 N–H and O–H groups in total. The molecule has 0 unspecified atom stereocenters. The Balaban J connectivity index is 0.00000361. The van der Waals surface area contributed by atoms with Gasteiger partial charge in [0.15, 0.2) is 5.65 Å². The van der Waals surface area contributed by atoms with Crippen LogP contribution in [0.1, 0.15) is 25.0 Å². The molecule has 0 aliphatic carbocycles. The van der Waals surface area contributed by atoms with Gasteiger partial charge in [0.2, 0.25) is 0 Å². The molecule has 0 saturated carbocycles. The van der Waals surface area contributed by atoms with E-state index in [1.807, 2.05) is 59.3 Å². The molecule has 0 amide bonds. The zero-order valence-corrected chi connectivity index (χ0v) is 29.1. The fourth-order valence-corrected chi connectivity index (χ4v) is 7.42. The van der Waals surface area contributed by atoms with Crippen molar-refractivity contribution < 1.29 is 29.7 Å². The average Bonchev–Trinajstić information content (AvgIpc) is 3.48. The van der Waals surface area contributed by atoms with Gasteiger partial charge in [-0.25, -0.2) is 0 Å². The van der Waals surface area contributed by atoms with Crippen molar-refractivity contribution in [1.29, 1.82) is 0 Å². The van der Waals surface area contributed by atoms with Gasteiger partial charge in [-0.3, -0.25) is 4.57 Å². The average molecular weight is 739 g/mol. The van der Waals surface area contributed by atoms with Gasteiger partial charge in [0.05, 0.1) is 11.4 Å². The Morgan fingerprint density at radius 3 is 2.28 bits per heavy atom. The number of fused-ring (bicyclic) bond motifs is 6. The number of rotatable bonds is 5. The first-order valence-corrected chi connectivity index (χ1v) is 16.4. The molecule has 1 aliphatic heterocycles. The monoisotopic (exact) mass is 738 g/mol. The van der Waals surface area contributed by atoms with Crippen molar-refractivity contribution in [1.82, 2.24) is 9.55 Å². The molecule has 246 valence electrons. The molecule has 0 radical (unpaired) electrons. The van der Waals surface area contributed by atoms with Crippen molar-refractivity contribution in [3.8, 4) is 28.4 Å². The Bertz CT molecular complexity index is 2520. The van der Waals surface area contributed by atoms with Crippen molar-refractivity contribution in [2.24, 2.45) is 0 Å². The van der Waals surface area contributed by atoms with Crippen molar-refractivity contribution in [2.45, 2.75) is 19.3 Å². The molecule has 0 saturated heterocycles. The van der Waals surface area contributed by atoms with E-state index in [9.17, 15) is 0 Å². The third kappa shape index (κ3) is 4.99. The molecule has 0 bridgehead atoms. The van der Waals surface area contributed by atoms with E-state index in [4.69, 9.17) is 4.74 Å². The Morgan fingerprint density at radius 1 is 0.700 bits per heavy atom. The number of anilines is 3. The van der Waals surface area contributed by atoms with Crippen LogP contribution in [0.5, 0.6) is 11.5 Å². The topological polar surface area (TPSA) is 34.2 Å². The Morgan fingerprint density at radius 2 is 1.46 bits per heavy atom. The van der Waals surface area contributed by atoms with E-state index in [-0.39, 0.29) is 25.8 Å². The first kappa shape index (κ1) is 31.6. The molecule has 5 nitrogen and oxygen atoms in total. The summed E-state index contributed by atoms with van der Waals surface area (Å²) >= 11 is 0. The standard InChI is InChI=1S/C44H32N4O.Pd/c1-44(2)37-21-7-8-23-39(37)47(31-15-5-4-6-16-31)40-25-24-35-36-20-13-27-46(3)43(36)48(42(35)41(40)44)32-17-12-19-34(29-32)49-33-18-11-14-30(28-33)38-22-9-10-26-45-38;/h4-27H,3H2,1-2H3;/q-2;. The molecule has 8 aromatic rings. The maximum Gasteiger partial charge on any atom is 0.190 e. The predicted molar refractivity (Wildman–Crippen MR) is 196 cm³/mol. The van der Waals surface area contributed by atoms with Gasteiger partial charge < -0.3 is 19.2 Å². The summed E-state index contributed by atoms with van der Waals surface area (Å²) in [6.07, 6.45) is 3.78. The van der Waals surface area contributed by atoms with Gasteiger partial charge in [-0.15, -0.1) is 35.9 Å². The number of ether oxygens (including phenoxy) is 1. The number of nitrogens with zero attached hydrogens (tertiary/aromatic N) is 4. The van der Waals surface area contributed by atoms with Crippen molar-refractivity contribution >= 4 is 39.0 Å². The van der Waals surface area contributed by atoms with Crippen LogP contribution in [0.3, 0.4) is 0 Å². The summed E-state index contributed by atoms with van der Waals surface area (Å²) in [5.41, 5.74) is 10.3. The van der Waals surface area contributed by atoms with E-state index >= 15 is 0 Å². The van der Waals surface area contributed by atoms with Crippen LogP contribution >= 0.6 is 0 Å². The minimum absolute atomic E-state index is 0. The smallest absolute Gasteiger partial charge is 0.190 e. The molecule has 4 heterocycles. The van der Waals surface area contributed by atoms with Crippen LogP contribution < -0.4 is 14.2 Å². The predicted octanol–water partition coefficient (Wildman–Crippen LogP) is 10.3. The van der Waals surface area contributed by atoms with Gasteiger partial charge in [0.1, 0.15) is 5.52 Å². The quantitative estimate of drug-likeness (QED) is 0.100. The molecule has 3 aromatic heterocycles. The fourth-order valence-electron chi connectivity index (χ4n) is 7.42. The normalized spacial score (nSPS) is 13.0. The summed E-state index contributed by atoms with van der Waals surface area (Å²) < 4.78 is 10.7. The van der Waals surface area contributed by atoms with Crippen LogP contribution in [0, 0.1) is 19.2 Å². The minimum atomic E-state index is -0.330. The molecule has 50 heavy (non-hydrogen) atoms. The minimum Gasteiger partial charge on any atom is -0.503 e. The van der Waals surface area contributed by atoms with Crippen LogP contribution in [0.15, 0.2) is 146 Å². The van der Waals surface area contributed by atoms with Crippen LogP contribution in [0.25, 0.3) is 38.9 Å². The van der Waals surface area contributed by atoms with Gasteiger partial charge in [0, 0.05) is 71.2 Å².